The van der Waals surface area contributed by atoms with Gasteiger partial charge in [-0.05, 0) is 61.3 Å². The van der Waals surface area contributed by atoms with Gasteiger partial charge in [-0.1, -0.05) is 6.07 Å². The van der Waals surface area contributed by atoms with Gasteiger partial charge in [0, 0.05) is 52.4 Å². The summed E-state index contributed by atoms with van der Waals surface area (Å²) in [7, 11) is -2.45. The number of rotatable bonds is 8. The highest BCUT2D eigenvalue weighted by Crippen LogP contribution is 2.44. The second-order valence-electron chi connectivity index (χ2n) is 9.49. The van der Waals surface area contributed by atoms with Crippen molar-refractivity contribution >= 4 is 32.6 Å². The number of benzene rings is 1. The Morgan fingerprint density at radius 1 is 1.18 bits per heavy atom. The van der Waals surface area contributed by atoms with Crippen LogP contribution in [-0.4, -0.2) is 89.5 Å². The quantitative estimate of drug-likeness (QED) is 0.507. The molecule has 0 spiro atoms. The largest absolute Gasteiger partial charge is 0.497 e. The number of hydrogen-bond acceptors (Lipinski definition) is 6. The molecule has 3 atom stereocenters. The molecule has 3 heterocycles. The van der Waals surface area contributed by atoms with Crippen molar-refractivity contribution in [2.24, 2.45) is 5.92 Å². The Kier molecular flexibility index (Phi) is 8.92. The Labute approximate surface area is 210 Å². The number of sulfonamides is 1. The lowest BCUT2D eigenvalue weighted by Gasteiger charge is -2.51. The lowest BCUT2D eigenvalue weighted by molar-refractivity contribution is 0.0219. The summed E-state index contributed by atoms with van der Waals surface area (Å²) in [5.41, 5.74) is 2.59. The molecule has 2 saturated heterocycles. The van der Waals surface area contributed by atoms with Gasteiger partial charge in [0.05, 0.1) is 12.9 Å². The molecule has 3 aliphatic heterocycles. The van der Waals surface area contributed by atoms with E-state index in [1.807, 2.05) is 6.07 Å². The molecular formula is C22H37ClN4O5S2. The average molecular weight is 537 g/mol. The minimum atomic E-state index is -3.55. The summed E-state index contributed by atoms with van der Waals surface area (Å²) < 4.78 is 61.0. The van der Waals surface area contributed by atoms with E-state index in [2.05, 4.69) is 21.8 Å². The van der Waals surface area contributed by atoms with E-state index in [0.717, 1.165) is 48.8 Å². The van der Waals surface area contributed by atoms with Crippen LogP contribution in [0.15, 0.2) is 18.2 Å². The van der Waals surface area contributed by atoms with Crippen LogP contribution < -0.4 is 9.46 Å². The second-order valence-corrected chi connectivity index (χ2v) is 13.5. The van der Waals surface area contributed by atoms with Gasteiger partial charge in [-0.3, -0.25) is 4.90 Å². The van der Waals surface area contributed by atoms with Crippen molar-refractivity contribution in [2.75, 3.05) is 53.1 Å². The van der Waals surface area contributed by atoms with Gasteiger partial charge in [0.1, 0.15) is 5.75 Å². The highest BCUT2D eigenvalue weighted by atomic mass is 35.5. The summed E-state index contributed by atoms with van der Waals surface area (Å²) in [6.07, 6.45) is 3.97. The lowest BCUT2D eigenvalue weighted by atomic mass is 9.77. The summed E-state index contributed by atoms with van der Waals surface area (Å²) in [6, 6.07) is 6.48. The first-order chi connectivity index (χ1) is 15.6. The predicted octanol–water partition coefficient (Wildman–Crippen LogP) is 1.62. The molecule has 1 aromatic carbocycles. The minimum absolute atomic E-state index is 0. The fourth-order valence-corrected chi connectivity index (χ4v) is 8.05. The van der Waals surface area contributed by atoms with Gasteiger partial charge >= 0.3 is 0 Å². The van der Waals surface area contributed by atoms with E-state index in [9.17, 15) is 16.8 Å². The summed E-state index contributed by atoms with van der Waals surface area (Å²) >= 11 is 0. The molecule has 34 heavy (non-hydrogen) atoms. The maximum Gasteiger partial charge on any atom is 0.278 e. The van der Waals surface area contributed by atoms with Crippen molar-refractivity contribution in [1.29, 1.82) is 0 Å². The van der Waals surface area contributed by atoms with Gasteiger partial charge < -0.3 is 4.74 Å². The second kappa shape index (κ2) is 11.0. The molecule has 12 heteroatoms. The van der Waals surface area contributed by atoms with Crippen molar-refractivity contribution in [3.8, 4) is 5.75 Å². The van der Waals surface area contributed by atoms with E-state index in [1.54, 1.807) is 11.4 Å². The molecule has 2 fully saturated rings. The highest BCUT2D eigenvalue weighted by Gasteiger charge is 2.45. The fraction of sp³-hybridized carbons (Fsp3) is 0.727. The molecular weight excluding hydrogens is 500 g/mol. The topological polar surface area (TPSA) is 99.3 Å². The summed E-state index contributed by atoms with van der Waals surface area (Å²) in [5.74, 6) is 1.16. The molecule has 0 amide bonds. The minimum Gasteiger partial charge on any atom is -0.497 e. The Balaban J connectivity index is 0.00000324. The Morgan fingerprint density at radius 3 is 2.65 bits per heavy atom. The number of ether oxygens (including phenoxy) is 1. The Hall–Kier alpha value is -0.950. The van der Waals surface area contributed by atoms with E-state index in [1.165, 1.54) is 25.2 Å². The standard InChI is InChI=1S/C22H36N4O5S2.ClH/c1-24(2)33(29,30)23-10-5-13-32(27,28)26-11-4-6-18-16-25-12-9-17-14-19(31-3)7-8-20(17)22(25)15-21(18)26;/h7-8,14,18,21-23H,4-6,9-13,15-16H2,1-3H3;1H/t18-,21+,22+;/m1./s1. The van der Waals surface area contributed by atoms with E-state index >= 15 is 0 Å². The van der Waals surface area contributed by atoms with Crippen LogP contribution in [0.5, 0.6) is 5.75 Å². The monoisotopic (exact) mass is 536 g/mol. The van der Waals surface area contributed by atoms with Gasteiger partial charge in [-0.25, -0.2) is 13.1 Å². The zero-order valence-electron chi connectivity index (χ0n) is 20.1. The summed E-state index contributed by atoms with van der Waals surface area (Å²) in [6.45, 7) is 2.57. The van der Waals surface area contributed by atoms with Gasteiger partial charge in [-0.2, -0.15) is 17.0 Å². The van der Waals surface area contributed by atoms with Crippen LogP contribution in [0, 0.1) is 5.92 Å². The highest BCUT2D eigenvalue weighted by molar-refractivity contribution is 7.89. The van der Waals surface area contributed by atoms with Gasteiger partial charge in [0.2, 0.25) is 10.0 Å². The molecule has 0 radical (unpaired) electrons. The molecule has 0 unspecified atom stereocenters. The molecule has 1 N–H and O–H groups in total. The number of halogens is 1. The van der Waals surface area contributed by atoms with E-state index in [4.69, 9.17) is 4.74 Å². The smallest absolute Gasteiger partial charge is 0.278 e. The van der Waals surface area contributed by atoms with Crippen molar-refractivity contribution in [3.05, 3.63) is 29.3 Å². The lowest BCUT2D eigenvalue weighted by Crippen LogP contribution is -2.57. The van der Waals surface area contributed by atoms with Crippen LogP contribution in [0.25, 0.3) is 0 Å². The zero-order chi connectivity index (χ0) is 23.8. The van der Waals surface area contributed by atoms with Crippen molar-refractivity contribution in [1.82, 2.24) is 18.2 Å². The number of piperidine rings is 2. The maximum atomic E-state index is 13.3. The number of hydrogen-bond donors (Lipinski definition) is 1. The molecule has 0 aliphatic carbocycles. The number of fused-ring (bicyclic) bond motifs is 4. The van der Waals surface area contributed by atoms with E-state index < -0.39 is 20.2 Å². The third kappa shape index (κ3) is 5.71. The third-order valence-electron chi connectivity index (χ3n) is 7.32. The normalized spacial score (nSPS) is 25.7. The number of nitrogens with one attached hydrogen (secondary N) is 1. The van der Waals surface area contributed by atoms with Gasteiger partial charge in [-0.15, -0.1) is 12.4 Å². The molecule has 9 nitrogen and oxygen atoms in total. The third-order valence-corrected chi connectivity index (χ3v) is 10.8. The van der Waals surface area contributed by atoms with Crippen molar-refractivity contribution in [2.45, 2.75) is 44.2 Å². The Bertz CT molecular complexity index is 1070. The predicted molar refractivity (Wildman–Crippen MR) is 135 cm³/mol. The summed E-state index contributed by atoms with van der Waals surface area (Å²) in [4.78, 5) is 2.53. The van der Waals surface area contributed by atoms with Crippen LogP contribution in [-0.2, 0) is 26.7 Å². The van der Waals surface area contributed by atoms with Crippen LogP contribution in [0.1, 0.15) is 42.9 Å². The SMILES string of the molecule is COc1ccc2c(c1)CCN1C[C@H]3CCCN(S(=O)(=O)CCCNS(=O)(=O)N(C)C)[C@H]3C[C@@H]21.Cl. The molecule has 0 aromatic heterocycles. The average Bonchev–Trinajstić information content (AvgIpc) is 2.79. The number of nitrogens with zero attached hydrogens (tertiary/aromatic N) is 3. The van der Waals surface area contributed by atoms with Gasteiger partial charge in [0.15, 0.2) is 0 Å². The van der Waals surface area contributed by atoms with E-state index in [-0.39, 0.29) is 43.2 Å². The molecule has 0 bridgehead atoms. The molecule has 1 aromatic rings. The molecule has 3 aliphatic rings. The van der Waals surface area contributed by atoms with Crippen molar-refractivity contribution < 1.29 is 21.6 Å². The summed E-state index contributed by atoms with van der Waals surface area (Å²) in [5, 5.41) is 0. The molecule has 0 saturated carbocycles. The molecule has 194 valence electrons. The molecule has 4 rings (SSSR count). The van der Waals surface area contributed by atoms with Crippen LogP contribution in [0.2, 0.25) is 0 Å². The van der Waals surface area contributed by atoms with Crippen LogP contribution in [0.4, 0.5) is 0 Å². The number of methoxy groups -OCH3 is 1. The van der Waals surface area contributed by atoms with Crippen LogP contribution >= 0.6 is 12.4 Å². The van der Waals surface area contributed by atoms with Crippen molar-refractivity contribution in [3.63, 3.8) is 0 Å². The first-order valence-corrected chi connectivity index (χ1v) is 14.7. The first kappa shape index (κ1) is 27.6. The first-order valence-electron chi connectivity index (χ1n) is 11.7. The van der Waals surface area contributed by atoms with Crippen LogP contribution in [0.3, 0.4) is 0 Å². The van der Waals surface area contributed by atoms with E-state index in [0.29, 0.717) is 12.5 Å². The fourth-order valence-electron chi connectivity index (χ4n) is 5.56. The maximum absolute atomic E-state index is 13.3. The Morgan fingerprint density at radius 2 is 1.94 bits per heavy atom. The zero-order valence-corrected chi connectivity index (χ0v) is 22.6. The van der Waals surface area contributed by atoms with Gasteiger partial charge in [0.25, 0.3) is 10.2 Å².